The maximum absolute atomic E-state index is 13.6. The van der Waals surface area contributed by atoms with Gasteiger partial charge in [0.2, 0.25) is 11.8 Å². The van der Waals surface area contributed by atoms with Crippen molar-refractivity contribution in [2.75, 3.05) is 18.1 Å². The Hall–Kier alpha value is -3.00. The third-order valence-electron chi connectivity index (χ3n) is 5.60. The van der Waals surface area contributed by atoms with Crippen LogP contribution in [0.2, 0.25) is 0 Å². The van der Waals surface area contributed by atoms with Gasteiger partial charge in [0.25, 0.3) is 0 Å². The Morgan fingerprint density at radius 2 is 1.94 bits per heavy atom. The second-order valence-corrected chi connectivity index (χ2v) is 8.95. The molecule has 1 aromatic carbocycles. The number of rotatable bonds is 9. The average molecular weight is 470 g/mol. The normalized spacial score (nSPS) is 14.7. The quantitative estimate of drug-likeness (QED) is 0.376. The molecule has 1 atom stereocenters. The second kappa shape index (κ2) is 11.2. The third-order valence-corrected chi connectivity index (χ3v) is 6.76. The van der Waals surface area contributed by atoms with Crippen molar-refractivity contribution in [1.29, 1.82) is 0 Å². The van der Waals surface area contributed by atoms with Crippen molar-refractivity contribution in [3.05, 3.63) is 52.2 Å². The molecule has 1 aliphatic heterocycles. The Balaban J connectivity index is 1.91. The lowest BCUT2D eigenvalue weighted by atomic mass is 9.93. The number of carbonyl (C=O) groups is 3. The van der Waals surface area contributed by atoms with Crippen LogP contribution < -0.4 is 4.90 Å². The fourth-order valence-corrected chi connectivity index (χ4v) is 4.92. The van der Waals surface area contributed by atoms with Crippen LogP contribution >= 0.6 is 11.3 Å². The van der Waals surface area contributed by atoms with Crippen LogP contribution in [0.25, 0.3) is 6.08 Å². The van der Waals surface area contributed by atoms with Gasteiger partial charge < -0.3 is 9.64 Å². The summed E-state index contributed by atoms with van der Waals surface area (Å²) in [6, 6.07) is 7.41. The summed E-state index contributed by atoms with van der Waals surface area (Å²) < 4.78 is 5.14. The van der Waals surface area contributed by atoms with Crippen LogP contribution in [-0.4, -0.2) is 40.8 Å². The van der Waals surface area contributed by atoms with E-state index in [1.54, 1.807) is 29.8 Å². The summed E-state index contributed by atoms with van der Waals surface area (Å²) in [5.74, 6) is -0.670. The summed E-state index contributed by atoms with van der Waals surface area (Å²) in [5, 5.41) is 0.491. The van der Waals surface area contributed by atoms with Crippen molar-refractivity contribution in [2.24, 2.45) is 0 Å². The van der Waals surface area contributed by atoms with Gasteiger partial charge in [-0.05, 0) is 37.5 Å². The number of hydrogen-bond acceptors (Lipinski definition) is 6. The highest BCUT2D eigenvalue weighted by molar-refractivity contribution is 7.17. The van der Waals surface area contributed by atoms with E-state index in [0.29, 0.717) is 22.2 Å². The molecule has 0 fully saturated rings. The molecule has 0 spiro atoms. The summed E-state index contributed by atoms with van der Waals surface area (Å²) in [5.41, 5.74) is 2.50. The number of hydrogen-bond donors (Lipinski definition) is 0. The predicted molar refractivity (Wildman–Crippen MR) is 130 cm³/mol. The number of carbonyl (C=O) groups excluding carboxylic acids is 3. The second-order valence-electron chi connectivity index (χ2n) is 7.97. The highest BCUT2D eigenvalue weighted by atomic mass is 32.1. The standard InChI is InChI=1S/C25H31N3O4S/c1-5-7-10-14-28(25-26-17(3)23(33-25)24(31)32-6-2)22(30)16-21-20-12-9-8-11-19(20)13-15-27(21)18(4)29/h8-9,11-13,15,21H,5-7,10,14,16H2,1-4H3. The Kier molecular flexibility index (Phi) is 8.38. The van der Waals surface area contributed by atoms with Crippen molar-refractivity contribution in [3.8, 4) is 0 Å². The molecule has 1 aromatic heterocycles. The molecular weight excluding hydrogens is 438 g/mol. The van der Waals surface area contributed by atoms with Crippen molar-refractivity contribution in [3.63, 3.8) is 0 Å². The number of nitrogens with zero attached hydrogens (tertiary/aromatic N) is 3. The maximum atomic E-state index is 13.6. The first-order valence-electron chi connectivity index (χ1n) is 11.4. The molecule has 0 aliphatic carbocycles. The molecule has 33 heavy (non-hydrogen) atoms. The lowest BCUT2D eigenvalue weighted by Gasteiger charge is -2.33. The van der Waals surface area contributed by atoms with Gasteiger partial charge in [0.15, 0.2) is 5.13 Å². The number of aryl methyl sites for hydroxylation is 1. The summed E-state index contributed by atoms with van der Waals surface area (Å²) in [7, 11) is 0. The SMILES string of the molecule is CCCCCN(C(=O)CC1c2ccccc2C=CN1C(C)=O)c1nc(C)c(C(=O)OCC)s1. The van der Waals surface area contributed by atoms with Crippen LogP contribution in [-0.2, 0) is 14.3 Å². The van der Waals surface area contributed by atoms with E-state index in [-0.39, 0.29) is 24.8 Å². The van der Waals surface area contributed by atoms with E-state index in [9.17, 15) is 14.4 Å². The first-order chi connectivity index (χ1) is 15.9. The fraction of sp³-hybridized carbons (Fsp3) is 0.440. The van der Waals surface area contributed by atoms with Gasteiger partial charge in [-0.25, -0.2) is 9.78 Å². The number of ether oxygens (including phenoxy) is 1. The van der Waals surface area contributed by atoms with Crippen LogP contribution in [0.1, 0.15) is 79.0 Å². The van der Waals surface area contributed by atoms with E-state index >= 15 is 0 Å². The zero-order valence-electron chi connectivity index (χ0n) is 19.7. The Bertz CT molecular complexity index is 1050. The molecule has 1 aliphatic rings. The van der Waals surface area contributed by atoms with Gasteiger partial charge in [-0.2, -0.15) is 0 Å². The van der Waals surface area contributed by atoms with Crippen LogP contribution in [0.15, 0.2) is 30.5 Å². The third kappa shape index (κ3) is 5.68. The van der Waals surface area contributed by atoms with E-state index in [1.807, 2.05) is 30.3 Å². The number of unbranched alkanes of at least 4 members (excludes halogenated alkanes) is 2. The minimum absolute atomic E-state index is 0.120. The molecule has 3 rings (SSSR count). The molecule has 2 aromatic rings. The van der Waals surface area contributed by atoms with Gasteiger partial charge in [0.1, 0.15) is 4.88 Å². The zero-order valence-corrected chi connectivity index (χ0v) is 20.5. The molecule has 1 unspecified atom stereocenters. The van der Waals surface area contributed by atoms with Crippen molar-refractivity contribution >= 4 is 40.3 Å². The molecule has 0 radical (unpaired) electrons. The van der Waals surface area contributed by atoms with Crippen LogP contribution in [0.3, 0.4) is 0 Å². The van der Waals surface area contributed by atoms with E-state index in [1.165, 1.54) is 18.3 Å². The minimum Gasteiger partial charge on any atom is -0.462 e. The largest absolute Gasteiger partial charge is 0.462 e. The summed E-state index contributed by atoms with van der Waals surface area (Å²) in [4.78, 5) is 46.5. The molecule has 0 N–H and O–H groups in total. The van der Waals surface area contributed by atoms with Crippen molar-refractivity contribution in [1.82, 2.24) is 9.88 Å². The molecular formula is C25H31N3O4S. The lowest BCUT2D eigenvalue weighted by Crippen LogP contribution is -2.38. The van der Waals surface area contributed by atoms with Gasteiger partial charge in [-0.3, -0.25) is 14.5 Å². The Morgan fingerprint density at radius 1 is 1.18 bits per heavy atom. The average Bonchev–Trinajstić information content (AvgIpc) is 3.18. The lowest BCUT2D eigenvalue weighted by molar-refractivity contribution is -0.129. The van der Waals surface area contributed by atoms with E-state index < -0.39 is 12.0 Å². The molecule has 0 bridgehead atoms. The van der Waals surface area contributed by atoms with Gasteiger partial charge >= 0.3 is 5.97 Å². The Labute approximate surface area is 199 Å². The number of amides is 2. The molecule has 7 nitrogen and oxygen atoms in total. The molecule has 0 saturated heterocycles. The monoisotopic (exact) mass is 469 g/mol. The summed E-state index contributed by atoms with van der Waals surface area (Å²) >= 11 is 1.18. The number of thiazole rings is 1. The highest BCUT2D eigenvalue weighted by Gasteiger charge is 2.31. The molecule has 0 saturated carbocycles. The van der Waals surface area contributed by atoms with Gasteiger partial charge in [0.05, 0.1) is 24.8 Å². The molecule has 2 heterocycles. The van der Waals surface area contributed by atoms with E-state index in [0.717, 1.165) is 30.4 Å². The maximum Gasteiger partial charge on any atom is 0.350 e. The van der Waals surface area contributed by atoms with E-state index in [4.69, 9.17) is 4.74 Å². The number of esters is 1. The van der Waals surface area contributed by atoms with Crippen LogP contribution in [0, 0.1) is 6.92 Å². The van der Waals surface area contributed by atoms with Crippen LogP contribution in [0.5, 0.6) is 0 Å². The number of benzene rings is 1. The summed E-state index contributed by atoms with van der Waals surface area (Å²) in [6.07, 6.45) is 6.59. The highest BCUT2D eigenvalue weighted by Crippen LogP contribution is 2.35. The molecule has 176 valence electrons. The number of anilines is 1. The zero-order chi connectivity index (χ0) is 24.0. The minimum atomic E-state index is -0.422. The first kappa shape index (κ1) is 24.6. The molecule has 8 heteroatoms. The fourth-order valence-electron chi connectivity index (χ4n) is 3.92. The van der Waals surface area contributed by atoms with Crippen molar-refractivity contribution in [2.45, 2.75) is 59.4 Å². The number of aromatic nitrogens is 1. The first-order valence-corrected chi connectivity index (χ1v) is 12.2. The number of fused-ring (bicyclic) bond motifs is 1. The van der Waals surface area contributed by atoms with Crippen molar-refractivity contribution < 1.29 is 19.1 Å². The molecule has 2 amide bonds. The van der Waals surface area contributed by atoms with E-state index in [2.05, 4.69) is 11.9 Å². The Morgan fingerprint density at radius 3 is 2.64 bits per heavy atom. The predicted octanol–water partition coefficient (Wildman–Crippen LogP) is 5.12. The smallest absolute Gasteiger partial charge is 0.350 e. The topological polar surface area (TPSA) is 79.8 Å². The van der Waals surface area contributed by atoms with Gasteiger partial charge in [-0.1, -0.05) is 55.4 Å². The van der Waals surface area contributed by atoms with Gasteiger partial charge in [-0.15, -0.1) is 0 Å². The van der Waals surface area contributed by atoms with Crippen LogP contribution in [0.4, 0.5) is 5.13 Å². The van der Waals surface area contributed by atoms with Gasteiger partial charge in [0, 0.05) is 19.7 Å². The summed E-state index contributed by atoms with van der Waals surface area (Å²) in [6.45, 7) is 7.90.